The van der Waals surface area contributed by atoms with E-state index in [0.29, 0.717) is 30.7 Å². The largest absolute Gasteiger partial charge is 0.374 e. The molecule has 0 amide bonds. The van der Waals surface area contributed by atoms with Gasteiger partial charge in [0.1, 0.15) is 0 Å². The standard InChI is InChI=1S/C43H73N3O/c1-4-13-28(14-5-1)31-19-12-20-33(25-31)42-44-41(30-17-8-3-9-18-30)45-43(46-42)36-27-39-40(35-22-11-10-21-34(35)36)37-26-32(23-24-38(37)47-39)29-15-6-2-7-16-29/h28-46H,1-27H2. The van der Waals surface area contributed by atoms with Crippen LogP contribution >= 0.6 is 0 Å². The summed E-state index contributed by atoms with van der Waals surface area (Å²) in [6, 6.07) is 0. The van der Waals surface area contributed by atoms with Gasteiger partial charge in [-0.05, 0) is 129 Å². The van der Waals surface area contributed by atoms with Gasteiger partial charge in [0.25, 0.3) is 0 Å². The Labute approximate surface area is 289 Å². The van der Waals surface area contributed by atoms with E-state index in [1.165, 1.54) is 173 Å². The van der Waals surface area contributed by atoms with Crippen LogP contribution in [0, 0.1) is 65.1 Å². The third-order valence-electron chi connectivity index (χ3n) is 17.1. The van der Waals surface area contributed by atoms with Gasteiger partial charge in [0.15, 0.2) is 0 Å². The first-order valence-electron chi connectivity index (χ1n) is 22.2. The summed E-state index contributed by atoms with van der Waals surface area (Å²) in [6.45, 7) is 0. The predicted octanol–water partition coefficient (Wildman–Crippen LogP) is 9.92. The van der Waals surface area contributed by atoms with Crippen molar-refractivity contribution in [2.45, 2.75) is 204 Å². The lowest BCUT2D eigenvalue weighted by Crippen LogP contribution is -2.73. The molecule has 9 fully saturated rings. The van der Waals surface area contributed by atoms with Crippen molar-refractivity contribution in [3.05, 3.63) is 0 Å². The summed E-state index contributed by atoms with van der Waals surface area (Å²) in [5, 5.41) is 13.1. The fourth-order valence-corrected chi connectivity index (χ4v) is 14.8. The zero-order valence-electron chi connectivity index (χ0n) is 30.2. The Hall–Kier alpha value is -0.160. The third-order valence-corrected chi connectivity index (χ3v) is 17.1. The van der Waals surface area contributed by atoms with Crippen LogP contribution in [0.5, 0.6) is 0 Å². The van der Waals surface area contributed by atoms with Crippen molar-refractivity contribution in [2.24, 2.45) is 65.1 Å². The number of hydrogen-bond donors (Lipinski definition) is 3. The van der Waals surface area contributed by atoms with Crippen molar-refractivity contribution in [3.8, 4) is 0 Å². The van der Waals surface area contributed by atoms with Gasteiger partial charge in [-0.15, -0.1) is 0 Å². The van der Waals surface area contributed by atoms with E-state index in [-0.39, 0.29) is 0 Å². The summed E-state index contributed by atoms with van der Waals surface area (Å²) in [5.41, 5.74) is 0. The van der Waals surface area contributed by atoms with Crippen molar-refractivity contribution in [3.63, 3.8) is 0 Å². The molecule has 7 saturated carbocycles. The average molecular weight is 648 g/mol. The van der Waals surface area contributed by atoms with Gasteiger partial charge in [-0.3, -0.25) is 16.0 Å². The summed E-state index contributed by atoms with van der Waals surface area (Å²) >= 11 is 0. The van der Waals surface area contributed by atoms with E-state index in [0.717, 1.165) is 65.1 Å². The lowest BCUT2D eigenvalue weighted by molar-refractivity contribution is -0.0716. The molecule has 2 heterocycles. The lowest BCUT2D eigenvalue weighted by atomic mass is 9.55. The van der Waals surface area contributed by atoms with Crippen molar-refractivity contribution < 1.29 is 4.74 Å². The fourth-order valence-electron chi connectivity index (χ4n) is 14.8. The maximum absolute atomic E-state index is 7.27. The number of rotatable bonds is 5. The Kier molecular flexibility index (Phi) is 10.3. The van der Waals surface area contributed by atoms with Gasteiger partial charge in [-0.25, -0.2) is 0 Å². The summed E-state index contributed by atoms with van der Waals surface area (Å²) < 4.78 is 7.27. The first-order valence-corrected chi connectivity index (χ1v) is 22.2. The van der Waals surface area contributed by atoms with Crippen LogP contribution in [0.4, 0.5) is 0 Å². The summed E-state index contributed by atoms with van der Waals surface area (Å²) in [5.74, 6) is 10.0. The van der Waals surface area contributed by atoms with E-state index in [9.17, 15) is 0 Å². The van der Waals surface area contributed by atoms with Crippen LogP contribution in [0.2, 0.25) is 0 Å². The molecule has 4 heteroatoms. The van der Waals surface area contributed by atoms with Crippen LogP contribution in [0.25, 0.3) is 0 Å². The van der Waals surface area contributed by atoms with Gasteiger partial charge in [0, 0.05) is 0 Å². The number of nitrogens with one attached hydrogen (secondary N) is 3. The highest BCUT2D eigenvalue weighted by Crippen LogP contribution is 2.59. The Bertz CT molecular complexity index is 1000. The predicted molar refractivity (Wildman–Crippen MR) is 192 cm³/mol. The van der Waals surface area contributed by atoms with Crippen molar-refractivity contribution in [1.29, 1.82) is 0 Å². The molecule has 0 radical (unpaired) electrons. The molecule has 9 rings (SSSR count). The monoisotopic (exact) mass is 648 g/mol. The Morgan fingerprint density at radius 3 is 1.53 bits per heavy atom. The second-order valence-corrected chi connectivity index (χ2v) is 19.4. The van der Waals surface area contributed by atoms with Gasteiger partial charge in [0.05, 0.1) is 30.7 Å². The van der Waals surface area contributed by atoms with Crippen LogP contribution in [0.3, 0.4) is 0 Å². The van der Waals surface area contributed by atoms with Crippen molar-refractivity contribution >= 4 is 0 Å². The molecule has 13 unspecified atom stereocenters. The molecule has 9 aliphatic rings. The first-order chi connectivity index (χ1) is 23.3. The number of ether oxygens (including phenoxy) is 1. The molecule has 3 N–H and O–H groups in total. The average Bonchev–Trinajstić information content (AvgIpc) is 3.53. The van der Waals surface area contributed by atoms with E-state index in [1.807, 2.05) is 0 Å². The Morgan fingerprint density at radius 2 is 0.830 bits per heavy atom. The minimum atomic E-state index is 0.469. The Morgan fingerprint density at radius 1 is 0.298 bits per heavy atom. The quantitative estimate of drug-likeness (QED) is 0.278. The molecule has 13 atom stereocenters. The molecule has 0 aromatic carbocycles. The van der Waals surface area contributed by atoms with Crippen LogP contribution < -0.4 is 16.0 Å². The second kappa shape index (κ2) is 14.8. The lowest BCUT2D eigenvalue weighted by Gasteiger charge is -2.55. The van der Waals surface area contributed by atoms with E-state index in [4.69, 9.17) is 4.74 Å². The van der Waals surface area contributed by atoms with Gasteiger partial charge in [0.2, 0.25) is 0 Å². The topological polar surface area (TPSA) is 45.3 Å². The van der Waals surface area contributed by atoms with Crippen LogP contribution in [0.15, 0.2) is 0 Å². The fraction of sp³-hybridized carbons (Fsp3) is 1.00. The molecular weight excluding hydrogens is 574 g/mol. The highest BCUT2D eigenvalue weighted by atomic mass is 16.5. The van der Waals surface area contributed by atoms with Gasteiger partial charge in [-0.2, -0.15) is 0 Å². The summed E-state index contributed by atoms with van der Waals surface area (Å²) in [7, 11) is 0. The first kappa shape index (κ1) is 32.7. The second-order valence-electron chi connectivity index (χ2n) is 19.4. The minimum absolute atomic E-state index is 0.469. The van der Waals surface area contributed by atoms with Gasteiger partial charge < -0.3 is 4.74 Å². The molecule has 266 valence electrons. The normalized spacial score (nSPS) is 49.1. The van der Waals surface area contributed by atoms with Crippen LogP contribution in [-0.2, 0) is 4.74 Å². The molecule has 0 aromatic rings. The molecule has 0 aromatic heterocycles. The van der Waals surface area contributed by atoms with Crippen molar-refractivity contribution in [2.75, 3.05) is 0 Å². The minimum Gasteiger partial charge on any atom is -0.374 e. The third kappa shape index (κ3) is 6.80. The Balaban J connectivity index is 0.939. The molecule has 4 nitrogen and oxygen atoms in total. The molecule has 47 heavy (non-hydrogen) atoms. The SMILES string of the molecule is C1CCC(C2CCCC(C3NC(C4CCCCC4)NC(C4CC5OC6CCC(C7CCCCC7)CC6C5C5CCCCC45)N3)C2)CC1. The van der Waals surface area contributed by atoms with E-state index in [2.05, 4.69) is 16.0 Å². The zero-order valence-corrected chi connectivity index (χ0v) is 30.2. The molecule has 2 aliphatic heterocycles. The highest BCUT2D eigenvalue weighted by molar-refractivity contribution is 5.07. The maximum Gasteiger partial charge on any atom is 0.0628 e. The van der Waals surface area contributed by atoms with E-state index >= 15 is 0 Å². The zero-order chi connectivity index (χ0) is 31.2. The molecule has 0 bridgehead atoms. The number of fused-ring (bicyclic) bond motifs is 5. The summed E-state index contributed by atoms with van der Waals surface area (Å²) in [4.78, 5) is 0. The van der Waals surface area contributed by atoms with Crippen LogP contribution in [-0.4, -0.2) is 30.7 Å². The van der Waals surface area contributed by atoms with Crippen LogP contribution in [0.1, 0.15) is 173 Å². The maximum atomic E-state index is 7.27. The highest BCUT2D eigenvalue weighted by Gasteiger charge is 2.58. The van der Waals surface area contributed by atoms with E-state index < -0.39 is 0 Å². The molecular formula is C43H73N3O. The smallest absolute Gasteiger partial charge is 0.0628 e. The number of hydrogen-bond acceptors (Lipinski definition) is 4. The van der Waals surface area contributed by atoms with Gasteiger partial charge in [-0.1, -0.05) is 109 Å². The molecule has 0 spiro atoms. The molecule has 2 saturated heterocycles. The van der Waals surface area contributed by atoms with Crippen molar-refractivity contribution in [1.82, 2.24) is 16.0 Å². The van der Waals surface area contributed by atoms with Gasteiger partial charge >= 0.3 is 0 Å². The molecule has 7 aliphatic carbocycles. The summed E-state index contributed by atoms with van der Waals surface area (Å²) in [6.07, 6.45) is 42.4. The van der Waals surface area contributed by atoms with E-state index in [1.54, 1.807) is 0 Å².